The Bertz CT molecular complexity index is 312. The van der Waals surface area contributed by atoms with E-state index in [1.165, 1.54) is 6.82 Å². The topological polar surface area (TPSA) is 110 Å². The standard InChI is InChI=1S/C7H9BO7.C2H6/c1-8-14-5(11)3-7(15-8,6(12)13)2-4(9)10;1-2/h2-3H2,1H3,(H,9,10)(H,12,13);1-2H3. The minimum Gasteiger partial charge on any atom is -0.510 e. The first-order valence-electron chi connectivity index (χ1n) is 5.18. The Balaban J connectivity index is 0.00000121. The van der Waals surface area contributed by atoms with E-state index in [4.69, 9.17) is 14.9 Å². The average molecular weight is 246 g/mol. The molecule has 0 spiro atoms. The lowest BCUT2D eigenvalue weighted by Gasteiger charge is -2.33. The van der Waals surface area contributed by atoms with Gasteiger partial charge in [0.05, 0.1) is 12.8 Å². The lowest BCUT2D eigenvalue weighted by Crippen LogP contribution is -2.53. The summed E-state index contributed by atoms with van der Waals surface area (Å²) in [5.41, 5.74) is -2.01. The van der Waals surface area contributed by atoms with Gasteiger partial charge in [0, 0.05) is 0 Å². The van der Waals surface area contributed by atoms with Crippen molar-refractivity contribution in [1.82, 2.24) is 0 Å². The summed E-state index contributed by atoms with van der Waals surface area (Å²) in [7, 11) is -1.05. The molecule has 1 saturated heterocycles. The summed E-state index contributed by atoms with van der Waals surface area (Å²) in [6, 6.07) is 0. The maximum atomic E-state index is 11.0. The highest BCUT2D eigenvalue weighted by atomic mass is 16.6. The Morgan fingerprint density at radius 2 is 1.94 bits per heavy atom. The predicted molar refractivity (Wildman–Crippen MR) is 57.4 cm³/mol. The summed E-state index contributed by atoms with van der Waals surface area (Å²) in [6.45, 7) is 5.33. The molecule has 1 rings (SSSR count). The molecule has 1 aliphatic heterocycles. The highest BCUT2D eigenvalue weighted by Gasteiger charge is 2.50. The third-order valence-corrected chi connectivity index (χ3v) is 1.95. The normalized spacial score (nSPS) is 23.2. The number of carbonyl (C=O) groups is 3. The van der Waals surface area contributed by atoms with Crippen molar-refractivity contribution in [3.8, 4) is 0 Å². The molecule has 0 bridgehead atoms. The maximum absolute atomic E-state index is 11.0. The van der Waals surface area contributed by atoms with E-state index in [0.29, 0.717) is 0 Å². The van der Waals surface area contributed by atoms with Crippen molar-refractivity contribution in [3.05, 3.63) is 0 Å². The lowest BCUT2D eigenvalue weighted by atomic mass is 9.84. The SMILES string of the molecule is CB1OC(=O)CC(CC(=O)O)(C(=O)O)O1.CC. The van der Waals surface area contributed by atoms with Crippen LogP contribution in [-0.2, 0) is 23.7 Å². The molecule has 7 nitrogen and oxygen atoms in total. The Morgan fingerprint density at radius 3 is 2.29 bits per heavy atom. The summed E-state index contributed by atoms with van der Waals surface area (Å²) in [4.78, 5) is 32.4. The molecule has 2 N–H and O–H groups in total. The molecule has 8 heteroatoms. The van der Waals surface area contributed by atoms with Crippen LogP contribution in [0.15, 0.2) is 0 Å². The number of hydrogen-bond donors (Lipinski definition) is 2. The van der Waals surface area contributed by atoms with Crippen LogP contribution in [0.4, 0.5) is 0 Å². The van der Waals surface area contributed by atoms with Crippen molar-refractivity contribution in [2.45, 2.75) is 39.1 Å². The summed E-state index contributed by atoms with van der Waals surface area (Å²) < 4.78 is 9.45. The molecule has 1 aliphatic rings. The van der Waals surface area contributed by atoms with Crippen LogP contribution in [0, 0.1) is 0 Å². The molecule has 17 heavy (non-hydrogen) atoms. The van der Waals surface area contributed by atoms with E-state index in [0.717, 1.165) is 0 Å². The molecule has 0 aromatic rings. The largest absolute Gasteiger partial charge is 0.524 e. The number of carbonyl (C=O) groups excluding carboxylic acids is 1. The highest BCUT2D eigenvalue weighted by Crippen LogP contribution is 2.27. The second-order valence-electron chi connectivity index (χ2n) is 3.22. The van der Waals surface area contributed by atoms with Gasteiger partial charge in [0.25, 0.3) is 5.97 Å². The molecule has 0 radical (unpaired) electrons. The molecule has 1 heterocycles. The number of rotatable bonds is 3. The molecule has 0 saturated carbocycles. The van der Waals surface area contributed by atoms with Crippen molar-refractivity contribution in [2.75, 3.05) is 0 Å². The number of carboxylic acid groups (broad SMARTS) is 2. The summed E-state index contributed by atoms with van der Waals surface area (Å²) >= 11 is 0. The van der Waals surface area contributed by atoms with Gasteiger partial charge in [-0.05, 0) is 6.82 Å². The summed E-state index contributed by atoms with van der Waals surface area (Å²) in [5.74, 6) is -3.61. The van der Waals surface area contributed by atoms with Crippen molar-refractivity contribution in [2.24, 2.45) is 0 Å². The van der Waals surface area contributed by atoms with Crippen molar-refractivity contribution < 1.29 is 33.9 Å². The van der Waals surface area contributed by atoms with Crippen LogP contribution in [0.25, 0.3) is 0 Å². The molecule has 1 fully saturated rings. The second-order valence-corrected chi connectivity index (χ2v) is 3.22. The third-order valence-electron chi connectivity index (χ3n) is 1.95. The van der Waals surface area contributed by atoms with Gasteiger partial charge in [0.15, 0.2) is 5.60 Å². The minimum absolute atomic E-state index is 0.598. The number of carboxylic acids is 2. The van der Waals surface area contributed by atoms with Crippen molar-refractivity contribution in [1.29, 1.82) is 0 Å². The van der Waals surface area contributed by atoms with Gasteiger partial charge in [0.2, 0.25) is 0 Å². The minimum atomic E-state index is -2.01. The fourth-order valence-electron chi connectivity index (χ4n) is 1.39. The zero-order chi connectivity index (χ0) is 13.6. The quantitative estimate of drug-likeness (QED) is 0.693. The smallest absolute Gasteiger partial charge is 0.510 e. The van der Waals surface area contributed by atoms with Crippen molar-refractivity contribution in [3.63, 3.8) is 0 Å². The number of hydrogen-bond acceptors (Lipinski definition) is 5. The van der Waals surface area contributed by atoms with Crippen LogP contribution in [0.3, 0.4) is 0 Å². The van der Waals surface area contributed by atoms with Gasteiger partial charge >= 0.3 is 19.1 Å². The Kier molecular flexibility index (Phi) is 5.66. The highest BCUT2D eigenvalue weighted by molar-refractivity contribution is 6.46. The van der Waals surface area contributed by atoms with E-state index in [2.05, 4.69) is 4.65 Å². The van der Waals surface area contributed by atoms with Crippen LogP contribution >= 0.6 is 0 Å². The Labute approximate surface area is 98.9 Å². The van der Waals surface area contributed by atoms with Gasteiger partial charge in [-0.15, -0.1) is 0 Å². The van der Waals surface area contributed by atoms with Crippen LogP contribution in [0.5, 0.6) is 0 Å². The van der Waals surface area contributed by atoms with E-state index >= 15 is 0 Å². The summed E-state index contributed by atoms with van der Waals surface area (Å²) in [6.07, 6.45) is -1.37. The molecule has 1 atom stereocenters. The van der Waals surface area contributed by atoms with Gasteiger partial charge in [-0.2, -0.15) is 0 Å². The molecule has 1 unspecified atom stereocenters. The number of aliphatic carboxylic acids is 2. The molecular weight excluding hydrogens is 231 g/mol. The van der Waals surface area contributed by atoms with Gasteiger partial charge in [-0.1, -0.05) is 13.8 Å². The molecule has 0 amide bonds. The van der Waals surface area contributed by atoms with Gasteiger partial charge in [-0.25, -0.2) is 4.79 Å². The Morgan fingerprint density at radius 1 is 1.41 bits per heavy atom. The zero-order valence-corrected chi connectivity index (χ0v) is 9.93. The van der Waals surface area contributed by atoms with E-state index < -0.39 is 43.5 Å². The monoisotopic (exact) mass is 246 g/mol. The average Bonchev–Trinajstić information content (AvgIpc) is 2.17. The Hall–Kier alpha value is -1.57. The van der Waals surface area contributed by atoms with E-state index in [9.17, 15) is 14.4 Å². The van der Waals surface area contributed by atoms with Crippen molar-refractivity contribution >= 4 is 25.0 Å². The molecule has 96 valence electrons. The lowest BCUT2D eigenvalue weighted by molar-refractivity contribution is -0.174. The second kappa shape index (κ2) is 6.24. The van der Waals surface area contributed by atoms with Crippen LogP contribution in [0.1, 0.15) is 26.7 Å². The first kappa shape index (κ1) is 15.4. The zero-order valence-electron chi connectivity index (χ0n) is 9.93. The van der Waals surface area contributed by atoms with E-state index in [1.54, 1.807) is 0 Å². The van der Waals surface area contributed by atoms with E-state index in [1.807, 2.05) is 13.8 Å². The van der Waals surface area contributed by atoms with E-state index in [-0.39, 0.29) is 0 Å². The van der Waals surface area contributed by atoms with Gasteiger partial charge in [-0.3, -0.25) is 9.59 Å². The molecular formula is C9H15BO7. The predicted octanol–water partition coefficient (Wildman–Crippen LogP) is 0.392. The molecule has 0 aromatic carbocycles. The first-order chi connectivity index (χ1) is 7.85. The van der Waals surface area contributed by atoms with Crippen LogP contribution in [-0.4, -0.2) is 40.8 Å². The molecule has 0 aromatic heterocycles. The fourth-order valence-corrected chi connectivity index (χ4v) is 1.39. The first-order valence-corrected chi connectivity index (χ1v) is 5.18. The summed E-state index contributed by atoms with van der Waals surface area (Å²) in [5, 5.41) is 17.4. The van der Waals surface area contributed by atoms with Crippen LogP contribution in [0.2, 0.25) is 6.82 Å². The van der Waals surface area contributed by atoms with Crippen LogP contribution < -0.4 is 0 Å². The van der Waals surface area contributed by atoms with Gasteiger partial charge < -0.3 is 19.5 Å². The van der Waals surface area contributed by atoms with Gasteiger partial charge in [0.1, 0.15) is 0 Å². The third kappa shape index (κ3) is 4.06. The molecule has 0 aliphatic carbocycles. The fraction of sp³-hybridized carbons (Fsp3) is 0.667. The maximum Gasteiger partial charge on any atom is 0.524 e.